The molecule has 0 saturated heterocycles. The summed E-state index contributed by atoms with van der Waals surface area (Å²) in [6.07, 6.45) is 0. The molecule has 1 atom stereocenters. The van der Waals surface area contributed by atoms with Gasteiger partial charge < -0.3 is 15.2 Å². The molecule has 0 aliphatic heterocycles. The summed E-state index contributed by atoms with van der Waals surface area (Å²) in [5, 5.41) is 0.649. The van der Waals surface area contributed by atoms with Gasteiger partial charge >= 0.3 is 5.97 Å². The molecule has 0 spiro atoms. The van der Waals surface area contributed by atoms with Crippen molar-refractivity contribution in [2.75, 3.05) is 7.11 Å². The molecule has 2 aromatic rings. The highest BCUT2D eigenvalue weighted by Crippen LogP contribution is 2.25. The average molecular weight is 306 g/mol. The van der Waals surface area contributed by atoms with Gasteiger partial charge in [-0.15, -0.1) is 0 Å². The standard InChI is InChI=1S/C16H16ClNO3/c1-20-16(19)15(18)13-7-2-3-8-14(13)21-10-11-5-4-6-12(17)9-11/h2-9,15H,10,18H2,1H3/t15-/m1/s1. The van der Waals surface area contributed by atoms with E-state index in [9.17, 15) is 4.79 Å². The second-order valence-corrected chi connectivity index (χ2v) is 4.89. The lowest BCUT2D eigenvalue weighted by Crippen LogP contribution is -2.23. The van der Waals surface area contributed by atoms with Crippen molar-refractivity contribution >= 4 is 17.6 Å². The van der Waals surface area contributed by atoms with E-state index in [4.69, 9.17) is 22.1 Å². The summed E-state index contributed by atoms with van der Waals surface area (Å²) >= 11 is 5.93. The number of ether oxygens (including phenoxy) is 2. The van der Waals surface area contributed by atoms with Crippen LogP contribution in [0, 0.1) is 0 Å². The Labute approximate surface area is 128 Å². The molecule has 21 heavy (non-hydrogen) atoms. The molecule has 0 saturated carbocycles. The molecule has 2 aromatic carbocycles. The molecule has 0 heterocycles. The van der Waals surface area contributed by atoms with Crippen molar-refractivity contribution in [2.24, 2.45) is 5.73 Å². The van der Waals surface area contributed by atoms with Gasteiger partial charge in [0.1, 0.15) is 18.4 Å². The van der Waals surface area contributed by atoms with Gasteiger partial charge in [0.15, 0.2) is 0 Å². The number of methoxy groups -OCH3 is 1. The van der Waals surface area contributed by atoms with E-state index in [1.807, 2.05) is 24.3 Å². The van der Waals surface area contributed by atoms with Crippen LogP contribution in [-0.4, -0.2) is 13.1 Å². The predicted octanol–water partition coefficient (Wildman–Crippen LogP) is 3.09. The van der Waals surface area contributed by atoms with E-state index in [1.54, 1.807) is 24.3 Å². The number of para-hydroxylation sites is 1. The van der Waals surface area contributed by atoms with E-state index in [1.165, 1.54) is 7.11 Å². The van der Waals surface area contributed by atoms with Gasteiger partial charge in [0, 0.05) is 10.6 Å². The first-order chi connectivity index (χ1) is 10.1. The first kappa shape index (κ1) is 15.4. The van der Waals surface area contributed by atoms with Crippen molar-refractivity contribution in [3.05, 3.63) is 64.7 Å². The lowest BCUT2D eigenvalue weighted by molar-refractivity contribution is -0.142. The van der Waals surface area contributed by atoms with Crippen molar-refractivity contribution in [3.63, 3.8) is 0 Å². The monoisotopic (exact) mass is 305 g/mol. The molecule has 4 nitrogen and oxygen atoms in total. The molecule has 0 radical (unpaired) electrons. The molecule has 5 heteroatoms. The minimum absolute atomic E-state index is 0.339. The van der Waals surface area contributed by atoms with Crippen LogP contribution in [0.4, 0.5) is 0 Å². The minimum atomic E-state index is -0.870. The van der Waals surface area contributed by atoms with E-state index >= 15 is 0 Å². The SMILES string of the molecule is COC(=O)[C@H](N)c1ccccc1OCc1cccc(Cl)c1. The fraction of sp³-hybridized carbons (Fsp3) is 0.188. The smallest absolute Gasteiger partial charge is 0.327 e. The van der Waals surface area contributed by atoms with Gasteiger partial charge in [-0.05, 0) is 23.8 Å². The summed E-state index contributed by atoms with van der Waals surface area (Å²) in [5.74, 6) is 0.0455. The van der Waals surface area contributed by atoms with E-state index in [0.717, 1.165) is 5.56 Å². The molecule has 0 unspecified atom stereocenters. The Morgan fingerprint density at radius 2 is 2.00 bits per heavy atom. The highest BCUT2D eigenvalue weighted by molar-refractivity contribution is 6.30. The van der Waals surface area contributed by atoms with Crippen LogP contribution < -0.4 is 10.5 Å². The lowest BCUT2D eigenvalue weighted by Gasteiger charge is -2.15. The predicted molar refractivity (Wildman–Crippen MR) is 81.2 cm³/mol. The van der Waals surface area contributed by atoms with Crippen molar-refractivity contribution < 1.29 is 14.3 Å². The number of rotatable bonds is 5. The number of halogens is 1. The Morgan fingerprint density at radius 1 is 1.24 bits per heavy atom. The minimum Gasteiger partial charge on any atom is -0.489 e. The van der Waals surface area contributed by atoms with E-state index in [2.05, 4.69) is 4.74 Å². The number of hydrogen-bond acceptors (Lipinski definition) is 4. The number of carbonyl (C=O) groups excluding carboxylic acids is 1. The van der Waals surface area contributed by atoms with Gasteiger partial charge in [0.25, 0.3) is 0 Å². The fourth-order valence-electron chi connectivity index (χ4n) is 1.91. The number of nitrogens with two attached hydrogens (primary N) is 1. The van der Waals surface area contributed by atoms with Gasteiger partial charge in [0.2, 0.25) is 0 Å². The van der Waals surface area contributed by atoms with E-state index in [0.29, 0.717) is 22.9 Å². The molecule has 0 aromatic heterocycles. The highest BCUT2D eigenvalue weighted by Gasteiger charge is 2.20. The van der Waals surface area contributed by atoms with Crippen molar-refractivity contribution in [3.8, 4) is 5.75 Å². The fourth-order valence-corrected chi connectivity index (χ4v) is 2.12. The maximum Gasteiger partial charge on any atom is 0.327 e. The molecule has 2 rings (SSSR count). The summed E-state index contributed by atoms with van der Waals surface area (Å²) in [7, 11) is 1.30. The first-order valence-electron chi connectivity index (χ1n) is 6.41. The van der Waals surface area contributed by atoms with E-state index < -0.39 is 12.0 Å². The van der Waals surface area contributed by atoms with Crippen LogP contribution in [0.3, 0.4) is 0 Å². The quantitative estimate of drug-likeness (QED) is 0.862. The van der Waals surface area contributed by atoms with Crippen molar-refractivity contribution in [1.82, 2.24) is 0 Å². The van der Waals surface area contributed by atoms with Gasteiger partial charge in [-0.25, -0.2) is 0 Å². The Bertz CT molecular complexity index is 630. The molecule has 0 fully saturated rings. The van der Waals surface area contributed by atoms with Crippen LogP contribution in [0.2, 0.25) is 5.02 Å². The lowest BCUT2D eigenvalue weighted by atomic mass is 10.1. The van der Waals surface area contributed by atoms with E-state index in [-0.39, 0.29) is 0 Å². The van der Waals surface area contributed by atoms with Crippen LogP contribution in [0.15, 0.2) is 48.5 Å². The summed E-state index contributed by atoms with van der Waals surface area (Å²) in [6, 6.07) is 13.6. The highest BCUT2D eigenvalue weighted by atomic mass is 35.5. The summed E-state index contributed by atoms with van der Waals surface area (Å²) in [6.45, 7) is 0.339. The van der Waals surface area contributed by atoms with Gasteiger partial charge in [0.05, 0.1) is 7.11 Å². The molecule has 0 bridgehead atoms. The van der Waals surface area contributed by atoms with Crippen molar-refractivity contribution in [1.29, 1.82) is 0 Å². The summed E-state index contributed by atoms with van der Waals surface area (Å²) in [5.41, 5.74) is 7.39. The van der Waals surface area contributed by atoms with Crippen LogP contribution >= 0.6 is 11.6 Å². The van der Waals surface area contributed by atoms with Crippen LogP contribution in [0.1, 0.15) is 17.2 Å². The third-order valence-corrected chi connectivity index (χ3v) is 3.23. The first-order valence-corrected chi connectivity index (χ1v) is 6.79. The third-order valence-electron chi connectivity index (χ3n) is 2.99. The van der Waals surface area contributed by atoms with Gasteiger partial charge in [-0.1, -0.05) is 41.9 Å². The Balaban J connectivity index is 2.15. The Kier molecular flexibility index (Phi) is 5.20. The molecule has 0 aliphatic carbocycles. The van der Waals surface area contributed by atoms with Crippen molar-refractivity contribution in [2.45, 2.75) is 12.6 Å². The zero-order valence-electron chi connectivity index (χ0n) is 11.6. The molecular weight excluding hydrogens is 290 g/mol. The topological polar surface area (TPSA) is 61.5 Å². The molecule has 0 amide bonds. The second kappa shape index (κ2) is 7.11. The molecule has 110 valence electrons. The van der Waals surface area contributed by atoms with Crippen LogP contribution in [0.5, 0.6) is 5.75 Å². The Morgan fingerprint density at radius 3 is 2.71 bits per heavy atom. The number of carbonyl (C=O) groups is 1. The molecular formula is C16H16ClNO3. The largest absolute Gasteiger partial charge is 0.489 e. The summed E-state index contributed by atoms with van der Waals surface area (Å²) in [4.78, 5) is 11.6. The van der Waals surface area contributed by atoms with Crippen LogP contribution in [0.25, 0.3) is 0 Å². The average Bonchev–Trinajstić information content (AvgIpc) is 2.52. The third kappa shape index (κ3) is 3.97. The second-order valence-electron chi connectivity index (χ2n) is 4.46. The maximum absolute atomic E-state index is 11.6. The number of esters is 1. The zero-order valence-corrected chi connectivity index (χ0v) is 12.3. The number of hydrogen-bond donors (Lipinski definition) is 1. The van der Waals surface area contributed by atoms with Gasteiger partial charge in [-0.3, -0.25) is 4.79 Å². The molecule has 0 aliphatic rings. The zero-order chi connectivity index (χ0) is 15.2. The maximum atomic E-state index is 11.6. The summed E-state index contributed by atoms with van der Waals surface area (Å²) < 4.78 is 10.4. The normalized spacial score (nSPS) is 11.8. The molecule has 2 N–H and O–H groups in total. The number of benzene rings is 2. The Hall–Kier alpha value is -2.04. The van der Waals surface area contributed by atoms with Crippen LogP contribution in [-0.2, 0) is 16.1 Å². The van der Waals surface area contributed by atoms with Gasteiger partial charge in [-0.2, -0.15) is 0 Å².